The molecule has 1 aromatic heterocycles. The number of carbonyl (C=O) groups is 1. The predicted octanol–water partition coefficient (Wildman–Crippen LogP) is 2.27. The largest absolute Gasteiger partial charge is 0.481 e. The van der Waals surface area contributed by atoms with Gasteiger partial charge in [-0.05, 0) is 44.4 Å². The van der Waals surface area contributed by atoms with E-state index < -0.39 is 5.97 Å². The topological polar surface area (TPSA) is 53.7 Å². The number of carboxylic acid groups (broad SMARTS) is 1. The number of aryl methyl sites for hydroxylation is 1. The van der Waals surface area contributed by atoms with Crippen LogP contribution in [-0.2, 0) is 11.3 Å². The molecule has 1 fully saturated rings. The molecule has 4 nitrogen and oxygen atoms in total. The van der Waals surface area contributed by atoms with Crippen LogP contribution in [0.4, 0.5) is 0 Å². The van der Waals surface area contributed by atoms with E-state index in [1.165, 1.54) is 0 Å². The highest BCUT2D eigenvalue weighted by Gasteiger charge is 2.23. The van der Waals surface area contributed by atoms with Gasteiger partial charge in [-0.15, -0.1) is 0 Å². The minimum absolute atomic E-state index is 0.290. The fourth-order valence-electron chi connectivity index (χ4n) is 2.41. The molecule has 0 spiro atoms. The molecule has 0 amide bonds. The lowest BCUT2D eigenvalue weighted by molar-refractivity contribution is -0.137. The molecule has 1 aromatic rings. The molecule has 0 radical (unpaired) electrons. The van der Waals surface area contributed by atoms with Crippen LogP contribution in [-0.4, -0.2) is 29.1 Å². The lowest BCUT2D eigenvalue weighted by Crippen LogP contribution is -2.20. The van der Waals surface area contributed by atoms with Crippen molar-refractivity contribution in [3.63, 3.8) is 0 Å². The Balaban J connectivity index is 1.76. The highest BCUT2D eigenvalue weighted by molar-refractivity contribution is 5.66. The van der Waals surface area contributed by atoms with E-state index in [4.69, 9.17) is 9.52 Å². The van der Waals surface area contributed by atoms with Crippen LogP contribution >= 0.6 is 0 Å². The predicted molar refractivity (Wildman–Crippen MR) is 63.7 cm³/mol. The first-order chi connectivity index (χ1) is 8.13. The lowest BCUT2D eigenvalue weighted by atomic mass is 10.0. The highest BCUT2D eigenvalue weighted by Crippen LogP contribution is 2.23. The maximum atomic E-state index is 10.5. The number of hydrogen-bond donors (Lipinski definition) is 1. The molecule has 1 aliphatic heterocycles. The summed E-state index contributed by atoms with van der Waals surface area (Å²) in [6, 6.07) is 3.99. The van der Waals surface area contributed by atoms with Crippen LogP contribution in [0.15, 0.2) is 16.5 Å². The molecular formula is C13H19NO3. The summed E-state index contributed by atoms with van der Waals surface area (Å²) >= 11 is 0. The molecule has 2 rings (SSSR count). The van der Waals surface area contributed by atoms with Crippen LogP contribution in [0, 0.1) is 12.8 Å². The SMILES string of the molecule is Cc1ccc(CN2CCC(CCC(=O)O)C2)o1. The zero-order valence-corrected chi connectivity index (χ0v) is 10.2. The van der Waals surface area contributed by atoms with E-state index in [0.717, 1.165) is 44.0 Å². The molecule has 1 N–H and O–H groups in total. The molecule has 1 saturated heterocycles. The van der Waals surface area contributed by atoms with Gasteiger partial charge in [0.15, 0.2) is 0 Å². The van der Waals surface area contributed by atoms with Crippen LogP contribution in [0.3, 0.4) is 0 Å². The first-order valence-electron chi connectivity index (χ1n) is 6.13. The summed E-state index contributed by atoms with van der Waals surface area (Å²) in [4.78, 5) is 12.8. The van der Waals surface area contributed by atoms with Gasteiger partial charge >= 0.3 is 5.97 Å². The second-order valence-electron chi connectivity index (χ2n) is 4.83. The Kier molecular flexibility index (Phi) is 3.84. The van der Waals surface area contributed by atoms with E-state index in [2.05, 4.69) is 4.90 Å². The van der Waals surface area contributed by atoms with Crippen molar-refractivity contribution in [2.45, 2.75) is 32.7 Å². The molecule has 1 aliphatic rings. The Morgan fingerprint density at radius 2 is 2.41 bits per heavy atom. The highest BCUT2D eigenvalue weighted by atomic mass is 16.4. The zero-order valence-electron chi connectivity index (χ0n) is 10.2. The van der Waals surface area contributed by atoms with Gasteiger partial charge in [-0.3, -0.25) is 9.69 Å². The average molecular weight is 237 g/mol. The average Bonchev–Trinajstić information content (AvgIpc) is 2.86. The van der Waals surface area contributed by atoms with E-state index in [9.17, 15) is 4.79 Å². The van der Waals surface area contributed by atoms with Crippen molar-refractivity contribution in [2.75, 3.05) is 13.1 Å². The lowest BCUT2D eigenvalue weighted by Gasteiger charge is -2.13. The maximum Gasteiger partial charge on any atom is 0.303 e. The smallest absolute Gasteiger partial charge is 0.303 e. The molecule has 0 aliphatic carbocycles. The second kappa shape index (κ2) is 5.36. The van der Waals surface area contributed by atoms with Gasteiger partial charge in [0.1, 0.15) is 11.5 Å². The summed E-state index contributed by atoms with van der Waals surface area (Å²) in [6.45, 7) is 4.83. The third-order valence-electron chi connectivity index (χ3n) is 3.31. The summed E-state index contributed by atoms with van der Waals surface area (Å²) in [5.41, 5.74) is 0. The number of likely N-dealkylation sites (tertiary alicyclic amines) is 1. The monoisotopic (exact) mass is 237 g/mol. The Morgan fingerprint density at radius 3 is 3.06 bits per heavy atom. The fourth-order valence-corrected chi connectivity index (χ4v) is 2.41. The van der Waals surface area contributed by atoms with E-state index in [0.29, 0.717) is 12.3 Å². The third-order valence-corrected chi connectivity index (χ3v) is 3.31. The van der Waals surface area contributed by atoms with Gasteiger partial charge in [0.05, 0.1) is 6.54 Å². The Labute approximate surface area is 101 Å². The molecule has 0 aromatic carbocycles. The van der Waals surface area contributed by atoms with Gasteiger partial charge in [-0.2, -0.15) is 0 Å². The summed E-state index contributed by atoms with van der Waals surface area (Å²) in [7, 11) is 0. The minimum Gasteiger partial charge on any atom is -0.481 e. The number of aliphatic carboxylic acids is 1. The van der Waals surface area contributed by atoms with Gasteiger partial charge in [0, 0.05) is 13.0 Å². The van der Waals surface area contributed by atoms with Gasteiger partial charge in [-0.1, -0.05) is 0 Å². The Hall–Kier alpha value is -1.29. The van der Waals surface area contributed by atoms with Gasteiger partial charge in [-0.25, -0.2) is 0 Å². The molecule has 1 unspecified atom stereocenters. The van der Waals surface area contributed by atoms with Crippen molar-refractivity contribution >= 4 is 5.97 Å². The number of nitrogens with zero attached hydrogens (tertiary/aromatic N) is 1. The van der Waals surface area contributed by atoms with Crippen molar-refractivity contribution in [3.05, 3.63) is 23.7 Å². The molecule has 4 heteroatoms. The van der Waals surface area contributed by atoms with Crippen LogP contribution in [0.2, 0.25) is 0 Å². The first kappa shape index (κ1) is 12.2. The molecule has 2 heterocycles. The van der Waals surface area contributed by atoms with E-state index >= 15 is 0 Å². The van der Waals surface area contributed by atoms with E-state index in [1.807, 2.05) is 19.1 Å². The van der Waals surface area contributed by atoms with Crippen molar-refractivity contribution in [1.29, 1.82) is 0 Å². The van der Waals surface area contributed by atoms with Crippen molar-refractivity contribution in [1.82, 2.24) is 4.90 Å². The summed E-state index contributed by atoms with van der Waals surface area (Å²) in [5.74, 6) is 1.79. The molecular weight excluding hydrogens is 218 g/mol. The van der Waals surface area contributed by atoms with Crippen molar-refractivity contribution < 1.29 is 14.3 Å². The molecule has 1 atom stereocenters. The fraction of sp³-hybridized carbons (Fsp3) is 0.615. The minimum atomic E-state index is -0.690. The number of furan rings is 1. The molecule has 0 saturated carbocycles. The summed E-state index contributed by atoms with van der Waals surface area (Å²) in [5, 5.41) is 8.65. The first-order valence-corrected chi connectivity index (χ1v) is 6.13. The maximum absolute atomic E-state index is 10.5. The Bertz CT molecular complexity index is 386. The van der Waals surface area contributed by atoms with Gasteiger partial charge in [0.2, 0.25) is 0 Å². The van der Waals surface area contributed by atoms with Gasteiger partial charge < -0.3 is 9.52 Å². The second-order valence-corrected chi connectivity index (χ2v) is 4.83. The molecule has 0 bridgehead atoms. The number of hydrogen-bond acceptors (Lipinski definition) is 3. The van der Waals surface area contributed by atoms with Gasteiger partial charge in [0.25, 0.3) is 0 Å². The van der Waals surface area contributed by atoms with E-state index in [-0.39, 0.29) is 0 Å². The summed E-state index contributed by atoms with van der Waals surface area (Å²) < 4.78 is 5.54. The van der Waals surface area contributed by atoms with Crippen LogP contribution < -0.4 is 0 Å². The standard InChI is InChI=1S/C13H19NO3/c1-10-2-4-12(17-10)9-14-7-6-11(8-14)3-5-13(15)16/h2,4,11H,3,5-9H2,1H3,(H,15,16). The summed E-state index contributed by atoms with van der Waals surface area (Å²) in [6.07, 6.45) is 2.19. The van der Waals surface area contributed by atoms with Crippen molar-refractivity contribution in [3.8, 4) is 0 Å². The van der Waals surface area contributed by atoms with Crippen LogP contribution in [0.1, 0.15) is 30.8 Å². The zero-order chi connectivity index (χ0) is 12.3. The number of rotatable bonds is 5. The number of carboxylic acids is 1. The Morgan fingerprint density at radius 1 is 1.59 bits per heavy atom. The normalized spacial score (nSPS) is 20.9. The van der Waals surface area contributed by atoms with E-state index in [1.54, 1.807) is 0 Å². The van der Waals surface area contributed by atoms with Crippen LogP contribution in [0.5, 0.6) is 0 Å². The third kappa shape index (κ3) is 3.60. The quantitative estimate of drug-likeness (QED) is 0.853. The molecule has 94 valence electrons. The molecule has 17 heavy (non-hydrogen) atoms. The van der Waals surface area contributed by atoms with Crippen LogP contribution in [0.25, 0.3) is 0 Å². The van der Waals surface area contributed by atoms with Crippen molar-refractivity contribution in [2.24, 2.45) is 5.92 Å².